The molecule has 174 valence electrons. The Morgan fingerprint density at radius 1 is 0.971 bits per heavy atom. The molecule has 4 nitrogen and oxygen atoms in total. The monoisotopic (exact) mass is 453 g/mol. The fourth-order valence-electron chi connectivity index (χ4n) is 4.20. The summed E-state index contributed by atoms with van der Waals surface area (Å²) in [4.78, 5) is 11.6. The predicted octanol–water partition coefficient (Wildman–Crippen LogP) is 6.73. The minimum atomic E-state index is -0.928. The highest BCUT2D eigenvalue weighted by Gasteiger charge is 2.29. The lowest BCUT2D eigenvalue weighted by Crippen LogP contribution is -2.28. The standard InChI is InChI=1S/C30H31NO3/c1-20(23-9-7-10-26(18-23)34-4)31-19-21-16-24-8-5-6-11-27(24)28(17-21)22-12-14-25(15-13-22)30(2,3)29(32)33/h5-18,20,31H,19H2,1-4H3,(H,32,33). The minimum Gasteiger partial charge on any atom is -0.497 e. The van der Waals surface area contributed by atoms with Crippen LogP contribution in [0.25, 0.3) is 21.9 Å². The Morgan fingerprint density at radius 2 is 1.71 bits per heavy atom. The Kier molecular flexibility index (Phi) is 6.71. The Bertz CT molecular complexity index is 1310. The average molecular weight is 454 g/mol. The van der Waals surface area contributed by atoms with Crippen LogP contribution in [0.1, 0.15) is 43.5 Å². The normalized spacial score (nSPS) is 12.5. The van der Waals surface area contributed by atoms with E-state index in [2.05, 4.69) is 60.8 Å². The van der Waals surface area contributed by atoms with E-state index in [4.69, 9.17) is 4.74 Å². The number of methoxy groups -OCH3 is 1. The zero-order valence-corrected chi connectivity index (χ0v) is 20.1. The van der Waals surface area contributed by atoms with Gasteiger partial charge in [0, 0.05) is 12.6 Å². The molecular formula is C30H31NO3. The summed E-state index contributed by atoms with van der Waals surface area (Å²) in [5.41, 5.74) is 4.45. The molecule has 1 unspecified atom stereocenters. The average Bonchev–Trinajstić information content (AvgIpc) is 2.86. The largest absolute Gasteiger partial charge is 0.497 e. The molecule has 0 aliphatic carbocycles. The number of carbonyl (C=O) groups is 1. The molecule has 0 fully saturated rings. The fraction of sp³-hybridized carbons (Fsp3) is 0.233. The van der Waals surface area contributed by atoms with Crippen LogP contribution in [0.5, 0.6) is 5.75 Å². The van der Waals surface area contributed by atoms with Crippen LogP contribution in [-0.4, -0.2) is 18.2 Å². The molecule has 0 radical (unpaired) electrons. The summed E-state index contributed by atoms with van der Waals surface area (Å²) < 4.78 is 5.36. The molecule has 0 saturated carbocycles. The molecule has 0 spiro atoms. The summed E-state index contributed by atoms with van der Waals surface area (Å²) in [6.07, 6.45) is 0. The SMILES string of the molecule is COc1cccc(C(C)NCc2cc(-c3ccc(C(C)(C)C(=O)O)cc3)c3ccccc3c2)c1. The molecule has 0 amide bonds. The quantitative estimate of drug-likeness (QED) is 0.311. The van der Waals surface area contributed by atoms with Crippen molar-refractivity contribution in [1.82, 2.24) is 5.32 Å². The maximum Gasteiger partial charge on any atom is 0.313 e. The van der Waals surface area contributed by atoms with Crippen LogP contribution >= 0.6 is 0 Å². The third-order valence-corrected chi connectivity index (χ3v) is 6.58. The molecule has 1 atom stereocenters. The maximum absolute atomic E-state index is 11.6. The van der Waals surface area contributed by atoms with Crippen LogP contribution in [0.3, 0.4) is 0 Å². The van der Waals surface area contributed by atoms with Crippen molar-refractivity contribution in [3.63, 3.8) is 0 Å². The van der Waals surface area contributed by atoms with E-state index in [-0.39, 0.29) is 6.04 Å². The van der Waals surface area contributed by atoms with Gasteiger partial charge in [-0.2, -0.15) is 0 Å². The maximum atomic E-state index is 11.6. The van der Waals surface area contributed by atoms with Gasteiger partial charge in [0.05, 0.1) is 12.5 Å². The molecular weight excluding hydrogens is 422 g/mol. The summed E-state index contributed by atoms with van der Waals surface area (Å²) in [6, 6.07) is 29.0. The molecule has 4 rings (SSSR count). The number of rotatable bonds is 8. The van der Waals surface area contributed by atoms with Crippen LogP contribution in [-0.2, 0) is 16.8 Å². The van der Waals surface area contributed by atoms with E-state index in [0.29, 0.717) is 0 Å². The molecule has 4 aromatic carbocycles. The van der Waals surface area contributed by atoms with Crippen LogP contribution < -0.4 is 10.1 Å². The van der Waals surface area contributed by atoms with Gasteiger partial charge in [-0.15, -0.1) is 0 Å². The van der Waals surface area contributed by atoms with Crippen molar-refractivity contribution in [2.45, 2.75) is 38.8 Å². The van der Waals surface area contributed by atoms with Crippen molar-refractivity contribution in [3.8, 4) is 16.9 Å². The highest BCUT2D eigenvalue weighted by molar-refractivity contribution is 5.97. The highest BCUT2D eigenvalue weighted by Crippen LogP contribution is 2.33. The number of hydrogen-bond donors (Lipinski definition) is 2. The molecule has 0 aromatic heterocycles. The lowest BCUT2D eigenvalue weighted by Gasteiger charge is -2.20. The molecule has 0 heterocycles. The third-order valence-electron chi connectivity index (χ3n) is 6.58. The molecule has 34 heavy (non-hydrogen) atoms. The van der Waals surface area contributed by atoms with E-state index in [0.717, 1.165) is 29.0 Å². The Balaban J connectivity index is 1.64. The number of nitrogens with one attached hydrogen (secondary N) is 1. The van der Waals surface area contributed by atoms with Gasteiger partial charge in [-0.25, -0.2) is 0 Å². The van der Waals surface area contributed by atoms with Gasteiger partial charge in [0.2, 0.25) is 0 Å². The van der Waals surface area contributed by atoms with Gasteiger partial charge < -0.3 is 15.2 Å². The van der Waals surface area contributed by atoms with Crippen LogP contribution in [0, 0.1) is 0 Å². The van der Waals surface area contributed by atoms with Gasteiger partial charge >= 0.3 is 5.97 Å². The second kappa shape index (κ2) is 9.70. The van der Waals surface area contributed by atoms with E-state index in [1.807, 2.05) is 36.4 Å². The smallest absolute Gasteiger partial charge is 0.313 e. The van der Waals surface area contributed by atoms with Crippen molar-refractivity contribution in [3.05, 3.63) is 102 Å². The molecule has 0 saturated heterocycles. The van der Waals surface area contributed by atoms with E-state index in [1.54, 1.807) is 21.0 Å². The zero-order chi connectivity index (χ0) is 24.3. The lowest BCUT2D eigenvalue weighted by molar-refractivity contribution is -0.142. The van der Waals surface area contributed by atoms with Crippen LogP contribution in [0.4, 0.5) is 0 Å². The zero-order valence-electron chi connectivity index (χ0n) is 20.1. The summed E-state index contributed by atoms with van der Waals surface area (Å²) >= 11 is 0. The summed E-state index contributed by atoms with van der Waals surface area (Å²) in [5, 5.41) is 15.6. The number of benzene rings is 4. The Hall–Kier alpha value is -3.63. The molecule has 0 bridgehead atoms. The first-order chi connectivity index (χ1) is 16.3. The summed E-state index contributed by atoms with van der Waals surface area (Å²) in [7, 11) is 1.68. The number of aliphatic carboxylic acids is 1. The van der Waals surface area contributed by atoms with Crippen molar-refractivity contribution >= 4 is 16.7 Å². The lowest BCUT2D eigenvalue weighted by atomic mass is 9.84. The number of fused-ring (bicyclic) bond motifs is 1. The van der Waals surface area contributed by atoms with Crippen molar-refractivity contribution in [2.24, 2.45) is 0 Å². The van der Waals surface area contributed by atoms with Gasteiger partial charge in [-0.1, -0.05) is 60.7 Å². The van der Waals surface area contributed by atoms with Crippen molar-refractivity contribution < 1.29 is 14.6 Å². The Morgan fingerprint density at radius 3 is 2.41 bits per heavy atom. The van der Waals surface area contributed by atoms with Crippen molar-refractivity contribution in [2.75, 3.05) is 7.11 Å². The molecule has 2 N–H and O–H groups in total. The first-order valence-electron chi connectivity index (χ1n) is 11.5. The molecule has 4 aromatic rings. The third kappa shape index (κ3) is 4.82. The van der Waals surface area contributed by atoms with Gasteiger partial charge in [0.1, 0.15) is 5.75 Å². The van der Waals surface area contributed by atoms with Crippen molar-refractivity contribution in [1.29, 1.82) is 0 Å². The number of ether oxygens (including phenoxy) is 1. The number of carboxylic acids is 1. The fourth-order valence-corrected chi connectivity index (χ4v) is 4.20. The minimum absolute atomic E-state index is 0.169. The van der Waals surface area contributed by atoms with Gasteiger partial charge in [0.25, 0.3) is 0 Å². The molecule has 0 aliphatic rings. The highest BCUT2D eigenvalue weighted by atomic mass is 16.5. The second-order valence-electron chi connectivity index (χ2n) is 9.25. The van der Waals surface area contributed by atoms with E-state index in [9.17, 15) is 9.90 Å². The first kappa shape index (κ1) is 23.5. The summed E-state index contributed by atoms with van der Waals surface area (Å²) in [5.74, 6) is 0.0255. The van der Waals surface area contributed by atoms with E-state index in [1.165, 1.54) is 21.9 Å². The van der Waals surface area contributed by atoms with Gasteiger partial charge in [-0.05, 0) is 83.6 Å². The molecule has 4 heteroatoms. The van der Waals surface area contributed by atoms with Gasteiger partial charge in [0.15, 0.2) is 0 Å². The van der Waals surface area contributed by atoms with E-state index >= 15 is 0 Å². The Labute approximate surface area is 201 Å². The molecule has 0 aliphatic heterocycles. The number of hydrogen-bond acceptors (Lipinski definition) is 3. The van der Waals surface area contributed by atoms with Gasteiger partial charge in [-0.3, -0.25) is 4.79 Å². The van der Waals surface area contributed by atoms with E-state index < -0.39 is 11.4 Å². The van der Waals surface area contributed by atoms with Crippen LogP contribution in [0.2, 0.25) is 0 Å². The number of carboxylic acid groups (broad SMARTS) is 1. The van der Waals surface area contributed by atoms with Crippen LogP contribution in [0.15, 0.2) is 84.9 Å². The predicted molar refractivity (Wildman–Crippen MR) is 138 cm³/mol. The second-order valence-corrected chi connectivity index (χ2v) is 9.25. The summed E-state index contributed by atoms with van der Waals surface area (Å²) in [6.45, 7) is 6.34. The first-order valence-corrected chi connectivity index (χ1v) is 11.5. The topological polar surface area (TPSA) is 58.6 Å².